The Morgan fingerprint density at radius 2 is 1.52 bits per heavy atom. The van der Waals surface area contributed by atoms with Gasteiger partial charge in [0.05, 0.1) is 0 Å². The Morgan fingerprint density at radius 3 is 2.09 bits per heavy atom. The fraction of sp³-hybridized carbons (Fsp3) is 0.759. The van der Waals surface area contributed by atoms with Crippen LogP contribution in [-0.4, -0.2) is 23.3 Å². The second kappa shape index (κ2) is 13.2. The van der Waals surface area contributed by atoms with Crippen LogP contribution in [0.25, 0.3) is 0 Å². The largest absolute Gasteiger partial charge is 0.487 e. The van der Waals surface area contributed by atoms with Crippen molar-refractivity contribution in [1.29, 1.82) is 0 Å². The minimum atomic E-state index is -0.949. The summed E-state index contributed by atoms with van der Waals surface area (Å²) in [5.74, 6) is 1.61. The van der Waals surface area contributed by atoms with Gasteiger partial charge in [-0.15, -0.1) is 0 Å². The molecule has 0 aliphatic carbocycles. The normalized spacial score (nSPS) is 17.7. The van der Waals surface area contributed by atoms with E-state index in [-0.39, 0.29) is 12.2 Å². The van der Waals surface area contributed by atoms with Crippen molar-refractivity contribution in [3.8, 4) is 11.5 Å². The highest BCUT2D eigenvalue weighted by atomic mass is 16.5. The van der Waals surface area contributed by atoms with Crippen LogP contribution in [0.4, 0.5) is 0 Å². The topological polar surface area (TPSA) is 55.8 Å². The predicted molar refractivity (Wildman–Crippen MR) is 137 cm³/mol. The van der Waals surface area contributed by atoms with Crippen molar-refractivity contribution in [1.82, 2.24) is 0 Å². The van der Waals surface area contributed by atoms with Gasteiger partial charge < -0.3 is 14.6 Å². The molecule has 1 aromatic rings. The standard InChI is InChI=1S/C29H48O4/c1-21(2)16-14-12-10-8-7-9-11-13-15-18-29(6)19-17-25-24(5)27(32-20-26(30)31)22(3)23(4)28(25)33-29/h21H,7-20H2,1-6H3,(H,30,31)/t29-/m1/s1. The highest BCUT2D eigenvalue weighted by Crippen LogP contribution is 2.44. The molecule has 0 spiro atoms. The van der Waals surface area contributed by atoms with Crippen molar-refractivity contribution in [2.24, 2.45) is 5.92 Å². The number of carboxylic acid groups (broad SMARTS) is 1. The summed E-state index contributed by atoms with van der Waals surface area (Å²) in [5, 5.41) is 8.99. The quantitative estimate of drug-likeness (QED) is 0.269. The Bertz CT molecular complexity index is 768. The van der Waals surface area contributed by atoms with Gasteiger partial charge >= 0.3 is 5.97 Å². The summed E-state index contributed by atoms with van der Waals surface area (Å²) in [6.07, 6.45) is 16.6. The summed E-state index contributed by atoms with van der Waals surface area (Å²) in [7, 11) is 0. The minimum Gasteiger partial charge on any atom is -0.487 e. The number of unbranched alkanes of at least 4 members (excludes halogenated alkanes) is 8. The average molecular weight is 461 g/mol. The van der Waals surface area contributed by atoms with Crippen LogP contribution in [0.15, 0.2) is 0 Å². The summed E-state index contributed by atoms with van der Waals surface area (Å²) in [6.45, 7) is 12.7. The van der Waals surface area contributed by atoms with Gasteiger partial charge in [0.15, 0.2) is 6.61 Å². The Labute approximate surface area is 202 Å². The number of carbonyl (C=O) groups is 1. The molecule has 1 N–H and O–H groups in total. The van der Waals surface area contributed by atoms with Crippen molar-refractivity contribution >= 4 is 5.97 Å². The molecule has 2 rings (SSSR count). The number of ether oxygens (including phenoxy) is 2. The van der Waals surface area contributed by atoms with Crippen molar-refractivity contribution in [3.05, 3.63) is 22.3 Å². The van der Waals surface area contributed by atoms with Crippen molar-refractivity contribution in [3.63, 3.8) is 0 Å². The molecular weight excluding hydrogens is 412 g/mol. The van der Waals surface area contributed by atoms with Crippen LogP contribution in [0, 0.1) is 26.7 Å². The number of hydrogen-bond donors (Lipinski definition) is 1. The molecule has 4 nitrogen and oxygen atoms in total. The Hall–Kier alpha value is -1.71. The van der Waals surface area contributed by atoms with E-state index in [1.165, 1.54) is 69.8 Å². The fourth-order valence-electron chi connectivity index (χ4n) is 5.10. The van der Waals surface area contributed by atoms with E-state index in [0.717, 1.165) is 47.6 Å². The van der Waals surface area contributed by atoms with E-state index < -0.39 is 5.97 Å². The molecule has 0 aromatic heterocycles. The van der Waals surface area contributed by atoms with Gasteiger partial charge in [0, 0.05) is 5.56 Å². The van der Waals surface area contributed by atoms with E-state index in [4.69, 9.17) is 14.6 Å². The predicted octanol–water partition coefficient (Wildman–Crippen LogP) is 8.11. The van der Waals surface area contributed by atoms with E-state index in [2.05, 4.69) is 27.7 Å². The monoisotopic (exact) mass is 460 g/mol. The van der Waals surface area contributed by atoms with E-state index in [9.17, 15) is 4.79 Å². The summed E-state index contributed by atoms with van der Waals surface area (Å²) in [6, 6.07) is 0. The molecule has 0 fully saturated rings. The maximum Gasteiger partial charge on any atom is 0.341 e. The molecular formula is C29H48O4. The first kappa shape index (κ1) is 27.5. The van der Waals surface area contributed by atoms with Gasteiger partial charge in [-0.1, -0.05) is 71.6 Å². The second-order valence-electron chi connectivity index (χ2n) is 10.9. The number of hydrogen-bond acceptors (Lipinski definition) is 3. The minimum absolute atomic E-state index is 0.115. The lowest BCUT2D eigenvalue weighted by atomic mass is 9.84. The lowest BCUT2D eigenvalue weighted by Gasteiger charge is -2.38. The average Bonchev–Trinajstić information content (AvgIpc) is 2.75. The third-order valence-corrected chi connectivity index (χ3v) is 7.39. The summed E-state index contributed by atoms with van der Waals surface area (Å²) in [4.78, 5) is 11.0. The highest BCUT2D eigenvalue weighted by Gasteiger charge is 2.34. The summed E-state index contributed by atoms with van der Waals surface area (Å²) in [5.41, 5.74) is 4.16. The van der Waals surface area contributed by atoms with Crippen molar-refractivity contribution in [2.75, 3.05) is 6.61 Å². The maximum absolute atomic E-state index is 11.0. The van der Waals surface area contributed by atoms with Gasteiger partial charge in [-0.2, -0.15) is 0 Å². The van der Waals surface area contributed by atoms with Crippen molar-refractivity contribution < 1.29 is 19.4 Å². The Kier molecular flexibility index (Phi) is 11.1. The van der Waals surface area contributed by atoms with Crippen LogP contribution in [0.5, 0.6) is 11.5 Å². The third kappa shape index (κ3) is 8.54. The molecule has 33 heavy (non-hydrogen) atoms. The lowest BCUT2D eigenvalue weighted by molar-refractivity contribution is -0.139. The van der Waals surface area contributed by atoms with Crippen molar-refractivity contribution in [2.45, 2.75) is 131 Å². The van der Waals surface area contributed by atoms with Gasteiger partial charge in [0.2, 0.25) is 0 Å². The molecule has 1 heterocycles. The van der Waals surface area contributed by atoms with Gasteiger partial charge in [-0.3, -0.25) is 0 Å². The van der Waals surface area contributed by atoms with E-state index in [1.807, 2.05) is 13.8 Å². The first-order chi connectivity index (χ1) is 15.6. The van der Waals surface area contributed by atoms with Crippen LogP contribution in [0.3, 0.4) is 0 Å². The Morgan fingerprint density at radius 1 is 0.939 bits per heavy atom. The van der Waals surface area contributed by atoms with Crippen LogP contribution in [-0.2, 0) is 11.2 Å². The number of rotatable bonds is 15. The lowest BCUT2D eigenvalue weighted by Crippen LogP contribution is -2.37. The molecule has 0 amide bonds. The molecule has 0 unspecified atom stereocenters. The molecule has 0 saturated heterocycles. The molecule has 0 radical (unpaired) electrons. The van der Waals surface area contributed by atoms with Gasteiger partial charge in [0.1, 0.15) is 17.1 Å². The molecule has 1 atom stereocenters. The van der Waals surface area contributed by atoms with Crippen LogP contribution < -0.4 is 9.47 Å². The first-order valence-corrected chi connectivity index (χ1v) is 13.3. The number of carboxylic acids is 1. The van der Waals surface area contributed by atoms with Gasteiger partial charge in [-0.25, -0.2) is 4.79 Å². The SMILES string of the molecule is Cc1c(C)c2c(c(C)c1OCC(=O)O)CC[C@@](C)(CCCCCCCCCCCC(C)C)O2. The van der Waals surface area contributed by atoms with Crippen LogP contribution >= 0.6 is 0 Å². The van der Waals surface area contributed by atoms with Gasteiger partial charge in [-0.05, 0) is 76.0 Å². The smallest absolute Gasteiger partial charge is 0.341 e. The second-order valence-corrected chi connectivity index (χ2v) is 10.9. The zero-order valence-electron chi connectivity index (χ0n) is 22.1. The molecule has 1 aromatic carbocycles. The first-order valence-electron chi connectivity index (χ1n) is 13.3. The molecule has 0 bridgehead atoms. The third-order valence-electron chi connectivity index (χ3n) is 7.39. The van der Waals surface area contributed by atoms with Gasteiger partial charge in [0.25, 0.3) is 0 Å². The molecule has 0 saturated carbocycles. The summed E-state index contributed by atoms with van der Waals surface area (Å²) < 4.78 is 12.2. The number of benzene rings is 1. The van der Waals surface area contributed by atoms with Crippen LogP contribution in [0.2, 0.25) is 0 Å². The molecule has 188 valence electrons. The Balaban J connectivity index is 1.76. The number of fused-ring (bicyclic) bond motifs is 1. The fourth-order valence-corrected chi connectivity index (χ4v) is 5.10. The molecule has 4 heteroatoms. The van der Waals surface area contributed by atoms with E-state index in [1.54, 1.807) is 0 Å². The highest BCUT2D eigenvalue weighted by molar-refractivity contribution is 5.69. The zero-order valence-corrected chi connectivity index (χ0v) is 22.1. The molecule has 1 aliphatic heterocycles. The maximum atomic E-state index is 11.0. The summed E-state index contributed by atoms with van der Waals surface area (Å²) >= 11 is 0. The van der Waals surface area contributed by atoms with E-state index >= 15 is 0 Å². The zero-order chi connectivity index (χ0) is 24.4. The van der Waals surface area contributed by atoms with Crippen LogP contribution in [0.1, 0.15) is 120 Å². The van der Waals surface area contributed by atoms with E-state index in [0.29, 0.717) is 5.75 Å². The molecule has 1 aliphatic rings. The number of aliphatic carboxylic acids is 1.